The summed E-state index contributed by atoms with van der Waals surface area (Å²) in [6.07, 6.45) is 0.180. The Morgan fingerprint density at radius 2 is 1.88 bits per heavy atom. The predicted molar refractivity (Wildman–Crippen MR) is 89.8 cm³/mol. The maximum absolute atomic E-state index is 12.4. The number of benzene rings is 1. The van der Waals surface area contributed by atoms with Crippen LogP contribution in [0.15, 0.2) is 29.2 Å². The number of hydrogen-bond donors (Lipinski definition) is 2. The highest BCUT2D eigenvalue weighted by Crippen LogP contribution is 2.21. The van der Waals surface area contributed by atoms with Crippen molar-refractivity contribution >= 4 is 21.9 Å². The van der Waals surface area contributed by atoms with Gasteiger partial charge in [-0.15, -0.1) is 0 Å². The van der Waals surface area contributed by atoms with Crippen molar-refractivity contribution in [2.75, 3.05) is 20.3 Å². The molecule has 1 aliphatic rings. The van der Waals surface area contributed by atoms with Crippen LogP contribution in [0.2, 0.25) is 0 Å². The van der Waals surface area contributed by atoms with Gasteiger partial charge >= 0.3 is 5.97 Å². The van der Waals surface area contributed by atoms with Crippen molar-refractivity contribution in [3.63, 3.8) is 0 Å². The van der Waals surface area contributed by atoms with Gasteiger partial charge in [-0.25, -0.2) is 13.2 Å². The fourth-order valence-corrected chi connectivity index (χ4v) is 3.76. The first kappa shape index (κ1) is 19.4. The molecule has 1 fully saturated rings. The monoisotopic (exact) mass is 370 g/mol. The number of sulfonamides is 1. The van der Waals surface area contributed by atoms with Crippen LogP contribution in [0.25, 0.3) is 0 Å². The Kier molecular flexibility index (Phi) is 5.50. The SMILES string of the molecule is CC(C)N(C)S(=O)(=O)c1ccc(C(=O)NC2(C(=O)O)CCOC2)cc1. The van der Waals surface area contributed by atoms with E-state index in [0.717, 1.165) is 0 Å². The first-order chi connectivity index (χ1) is 11.6. The molecule has 0 saturated carbocycles. The van der Waals surface area contributed by atoms with Gasteiger partial charge in [-0.05, 0) is 38.1 Å². The van der Waals surface area contributed by atoms with E-state index in [1.54, 1.807) is 13.8 Å². The average Bonchev–Trinajstić information content (AvgIpc) is 3.04. The van der Waals surface area contributed by atoms with E-state index in [1.807, 2.05) is 0 Å². The van der Waals surface area contributed by atoms with E-state index in [4.69, 9.17) is 4.74 Å². The Morgan fingerprint density at radius 1 is 1.28 bits per heavy atom. The minimum Gasteiger partial charge on any atom is -0.479 e. The van der Waals surface area contributed by atoms with Crippen LogP contribution in [-0.2, 0) is 19.6 Å². The Balaban J connectivity index is 2.20. The third kappa shape index (κ3) is 3.83. The number of carbonyl (C=O) groups excluding carboxylic acids is 1. The first-order valence-corrected chi connectivity index (χ1v) is 9.26. The van der Waals surface area contributed by atoms with Crippen molar-refractivity contribution < 1.29 is 27.9 Å². The Hall–Kier alpha value is -1.97. The molecule has 2 N–H and O–H groups in total. The number of carboxylic acids is 1. The Labute approximate surface area is 146 Å². The minimum absolute atomic E-state index is 0.0670. The topological polar surface area (TPSA) is 113 Å². The molecule has 2 rings (SSSR count). The van der Waals surface area contributed by atoms with E-state index in [0.29, 0.717) is 0 Å². The van der Waals surface area contributed by atoms with Crippen LogP contribution >= 0.6 is 0 Å². The predicted octanol–water partition coefficient (Wildman–Crippen LogP) is 0.689. The number of carboxylic acid groups (broad SMARTS) is 1. The number of rotatable bonds is 6. The number of aliphatic carboxylic acids is 1. The molecule has 1 aliphatic heterocycles. The average molecular weight is 370 g/mol. The summed E-state index contributed by atoms with van der Waals surface area (Å²) in [5.74, 6) is -1.75. The van der Waals surface area contributed by atoms with E-state index in [-0.39, 0.29) is 36.1 Å². The maximum atomic E-state index is 12.4. The second-order valence-electron chi connectivity index (χ2n) is 6.28. The molecule has 8 nitrogen and oxygen atoms in total. The van der Waals surface area contributed by atoms with Crippen molar-refractivity contribution in [1.29, 1.82) is 0 Å². The molecule has 0 bridgehead atoms. The molecule has 1 atom stereocenters. The van der Waals surface area contributed by atoms with Crippen molar-refractivity contribution in [2.45, 2.75) is 36.7 Å². The van der Waals surface area contributed by atoms with Gasteiger partial charge in [-0.1, -0.05) is 0 Å². The molecule has 1 saturated heterocycles. The standard InChI is InChI=1S/C16H22N2O6S/c1-11(2)18(3)25(22,23)13-6-4-12(5-7-13)14(19)17-16(15(20)21)8-9-24-10-16/h4-7,11H,8-10H2,1-3H3,(H,17,19)(H,20,21). The van der Waals surface area contributed by atoms with Gasteiger partial charge < -0.3 is 15.2 Å². The molecule has 1 aromatic carbocycles. The van der Waals surface area contributed by atoms with Gasteiger partial charge in [0.1, 0.15) is 0 Å². The molecule has 0 aromatic heterocycles. The zero-order valence-electron chi connectivity index (χ0n) is 14.4. The third-order valence-corrected chi connectivity index (χ3v) is 6.35. The third-order valence-electron chi connectivity index (χ3n) is 4.30. The molecule has 0 aliphatic carbocycles. The second kappa shape index (κ2) is 7.11. The lowest BCUT2D eigenvalue weighted by molar-refractivity contribution is -0.144. The summed E-state index contributed by atoms with van der Waals surface area (Å²) in [6.45, 7) is 3.67. The molecule has 0 spiro atoms. The molecule has 1 heterocycles. The number of ether oxygens (including phenoxy) is 1. The van der Waals surface area contributed by atoms with Gasteiger partial charge in [0.15, 0.2) is 5.54 Å². The maximum Gasteiger partial charge on any atom is 0.331 e. The number of nitrogens with zero attached hydrogens (tertiary/aromatic N) is 1. The Bertz CT molecular complexity index is 751. The van der Waals surface area contributed by atoms with Crippen molar-refractivity contribution in [2.24, 2.45) is 0 Å². The quantitative estimate of drug-likeness (QED) is 0.762. The number of carbonyl (C=O) groups is 2. The zero-order chi connectivity index (χ0) is 18.8. The number of amides is 1. The number of hydrogen-bond acceptors (Lipinski definition) is 5. The molecule has 138 valence electrons. The van der Waals surface area contributed by atoms with E-state index in [2.05, 4.69) is 5.32 Å². The van der Waals surface area contributed by atoms with Crippen LogP contribution in [0.3, 0.4) is 0 Å². The van der Waals surface area contributed by atoms with E-state index in [1.165, 1.54) is 35.6 Å². The van der Waals surface area contributed by atoms with Crippen molar-refractivity contribution in [3.05, 3.63) is 29.8 Å². The molecule has 1 unspecified atom stereocenters. The van der Waals surface area contributed by atoms with Gasteiger partial charge in [-0.2, -0.15) is 4.31 Å². The molecule has 1 aromatic rings. The summed E-state index contributed by atoms with van der Waals surface area (Å²) in [7, 11) is -2.16. The lowest BCUT2D eigenvalue weighted by Crippen LogP contribution is -2.55. The molecular weight excluding hydrogens is 348 g/mol. The van der Waals surface area contributed by atoms with E-state index >= 15 is 0 Å². The number of nitrogens with one attached hydrogen (secondary N) is 1. The van der Waals surface area contributed by atoms with Crippen LogP contribution in [0.4, 0.5) is 0 Å². The minimum atomic E-state index is -3.64. The summed E-state index contributed by atoms with van der Waals surface area (Å²) in [5.41, 5.74) is -1.27. The fourth-order valence-electron chi connectivity index (χ4n) is 2.40. The Morgan fingerprint density at radius 3 is 2.32 bits per heavy atom. The van der Waals surface area contributed by atoms with Crippen LogP contribution in [0.5, 0.6) is 0 Å². The van der Waals surface area contributed by atoms with Crippen LogP contribution < -0.4 is 5.32 Å². The van der Waals surface area contributed by atoms with E-state index in [9.17, 15) is 23.1 Å². The zero-order valence-corrected chi connectivity index (χ0v) is 15.2. The highest BCUT2D eigenvalue weighted by molar-refractivity contribution is 7.89. The highest BCUT2D eigenvalue weighted by atomic mass is 32.2. The van der Waals surface area contributed by atoms with E-state index < -0.39 is 27.4 Å². The summed E-state index contributed by atoms with van der Waals surface area (Å²) >= 11 is 0. The summed E-state index contributed by atoms with van der Waals surface area (Å²) in [4.78, 5) is 23.8. The lowest BCUT2D eigenvalue weighted by Gasteiger charge is -2.24. The van der Waals surface area contributed by atoms with Crippen LogP contribution in [0, 0.1) is 0 Å². The lowest BCUT2D eigenvalue weighted by atomic mass is 9.98. The summed E-state index contributed by atoms with van der Waals surface area (Å²) in [5, 5.41) is 11.8. The van der Waals surface area contributed by atoms with Gasteiger partial charge in [0.05, 0.1) is 11.5 Å². The van der Waals surface area contributed by atoms with Crippen LogP contribution in [-0.4, -0.2) is 61.5 Å². The van der Waals surface area contributed by atoms with Gasteiger partial charge in [0.25, 0.3) is 5.91 Å². The first-order valence-electron chi connectivity index (χ1n) is 7.82. The summed E-state index contributed by atoms with van der Waals surface area (Å²) in [6, 6.07) is 5.19. The summed E-state index contributed by atoms with van der Waals surface area (Å²) < 4.78 is 31.1. The highest BCUT2D eigenvalue weighted by Gasteiger charge is 2.44. The van der Waals surface area contributed by atoms with Crippen molar-refractivity contribution in [3.8, 4) is 0 Å². The van der Waals surface area contributed by atoms with Gasteiger partial charge in [-0.3, -0.25) is 4.79 Å². The molecule has 0 radical (unpaired) electrons. The molecule has 25 heavy (non-hydrogen) atoms. The fraction of sp³-hybridized carbons (Fsp3) is 0.500. The van der Waals surface area contributed by atoms with Gasteiger partial charge in [0.2, 0.25) is 10.0 Å². The molecule has 1 amide bonds. The largest absolute Gasteiger partial charge is 0.479 e. The van der Waals surface area contributed by atoms with Gasteiger partial charge in [0, 0.05) is 31.7 Å². The normalized spacial score (nSPS) is 20.8. The van der Waals surface area contributed by atoms with Crippen molar-refractivity contribution in [1.82, 2.24) is 9.62 Å². The second-order valence-corrected chi connectivity index (χ2v) is 8.28. The van der Waals surface area contributed by atoms with Crippen LogP contribution in [0.1, 0.15) is 30.6 Å². The molecular formula is C16H22N2O6S. The smallest absolute Gasteiger partial charge is 0.331 e. The molecule has 9 heteroatoms.